The molecule has 0 saturated carbocycles. The Morgan fingerprint density at radius 2 is 1.28 bits per heavy atom. The van der Waals surface area contributed by atoms with E-state index in [2.05, 4.69) is 10.3 Å². The fourth-order valence-electron chi connectivity index (χ4n) is 2.13. The summed E-state index contributed by atoms with van der Waals surface area (Å²) in [6.45, 7) is 4.14. The van der Waals surface area contributed by atoms with Crippen LogP contribution in [0.1, 0.15) is 13.8 Å². The molecule has 1 aromatic carbocycles. The largest absolute Gasteiger partial charge is 0.490 e. The van der Waals surface area contributed by atoms with Crippen molar-refractivity contribution in [2.75, 3.05) is 39.9 Å². The molecule has 0 spiro atoms. The molecule has 10 nitrogen and oxygen atoms in total. The summed E-state index contributed by atoms with van der Waals surface area (Å²) in [5.74, 6) is 0.724. The van der Waals surface area contributed by atoms with E-state index in [4.69, 9.17) is 35.2 Å². The van der Waals surface area contributed by atoms with Gasteiger partial charge in [-0.05, 0) is 13.8 Å². The highest BCUT2D eigenvalue weighted by atomic mass is 16.6. The van der Waals surface area contributed by atoms with E-state index in [0.29, 0.717) is 13.2 Å². The van der Waals surface area contributed by atoms with E-state index in [0.717, 1.165) is 0 Å². The molecule has 0 fully saturated rings. The van der Waals surface area contributed by atoms with Gasteiger partial charge in [0, 0.05) is 0 Å². The second-order valence-electron chi connectivity index (χ2n) is 4.47. The molecule has 0 aromatic heterocycles. The second-order valence-corrected chi connectivity index (χ2v) is 4.47. The van der Waals surface area contributed by atoms with Crippen molar-refractivity contribution in [3.05, 3.63) is 0 Å². The maximum atomic E-state index is 12.0. The van der Waals surface area contributed by atoms with E-state index in [1.807, 2.05) is 0 Å². The van der Waals surface area contributed by atoms with Crippen molar-refractivity contribution in [3.8, 4) is 28.7 Å². The van der Waals surface area contributed by atoms with Crippen molar-refractivity contribution in [1.82, 2.24) is 0 Å². The molecule has 25 heavy (non-hydrogen) atoms. The Balaban J connectivity index is 3.72. The molecule has 0 heterocycles. The number of aliphatic imine (C=N–C) groups is 1. The highest BCUT2D eigenvalue weighted by Gasteiger charge is 2.30. The number of benzene rings is 1. The quantitative estimate of drug-likeness (QED) is 0.468. The highest BCUT2D eigenvalue weighted by Crippen LogP contribution is 2.56. The van der Waals surface area contributed by atoms with E-state index in [1.165, 1.54) is 21.3 Å². The minimum Gasteiger partial charge on any atom is -0.490 e. The summed E-state index contributed by atoms with van der Waals surface area (Å²) < 4.78 is 27.4. The molecular formula is C15H24N4O6. The van der Waals surface area contributed by atoms with Gasteiger partial charge in [0.25, 0.3) is 0 Å². The Bertz CT molecular complexity index is 608. The molecule has 1 aromatic rings. The van der Waals surface area contributed by atoms with Gasteiger partial charge in [-0.3, -0.25) is 5.32 Å². The summed E-state index contributed by atoms with van der Waals surface area (Å²) in [5.41, 5.74) is 10.6. The summed E-state index contributed by atoms with van der Waals surface area (Å²) in [4.78, 5) is 15.4. The van der Waals surface area contributed by atoms with Crippen LogP contribution in [0.4, 0.5) is 10.5 Å². The zero-order valence-corrected chi connectivity index (χ0v) is 15.0. The van der Waals surface area contributed by atoms with E-state index in [-0.39, 0.29) is 40.4 Å². The first-order chi connectivity index (χ1) is 11.9. The van der Waals surface area contributed by atoms with Crippen molar-refractivity contribution in [2.24, 2.45) is 16.5 Å². The van der Waals surface area contributed by atoms with E-state index in [9.17, 15) is 4.79 Å². The van der Waals surface area contributed by atoms with Gasteiger partial charge in [0.15, 0.2) is 17.5 Å². The van der Waals surface area contributed by atoms with E-state index >= 15 is 0 Å². The second kappa shape index (κ2) is 9.30. The van der Waals surface area contributed by atoms with E-state index in [1.54, 1.807) is 13.8 Å². The van der Waals surface area contributed by atoms with Gasteiger partial charge >= 0.3 is 6.03 Å². The van der Waals surface area contributed by atoms with Crippen LogP contribution in [0.25, 0.3) is 0 Å². The third kappa shape index (κ3) is 4.49. The minimum absolute atomic E-state index is 0.160. The van der Waals surface area contributed by atoms with Crippen molar-refractivity contribution >= 4 is 17.7 Å². The number of carbonyl (C=O) groups is 1. The number of nitrogens with one attached hydrogen (secondary N) is 1. The number of guanidine groups is 1. The Morgan fingerprint density at radius 1 is 0.880 bits per heavy atom. The number of rotatable bonds is 8. The zero-order chi connectivity index (χ0) is 19.0. The lowest BCUT2D eigenvalue weighted by Crippen LogP contribution is -2.25. The fourth-order valence-corrected chi connectivity index (χ4v) is 2.13. The molecule has 0 aliphatic heterocycles. The van der Waals surface area contributed by atoms with Crippen LogP contribution in [-0.4, -0.2) is 46.5 Å². The smallest absolute Gasteiger partial charge is 0.348 e. The van der Waals surface area contributed by atoms with Crippen LogP contribution >= 0.6 is 0 Å². The first-order valence-corrected chi connectivity index (χ1v) is 7.47. The predicted octanol–water partition coefficient (Wildman–Crippen LogP) is 1.32. The molecule has 2 amide bonds. The van der Waals surface area contributed by atoms with Crippen LogP contribution in [0.5, 0.6) is 28.7 Å². The van der Waals surface area contributed by atoms with E-state index < -0.39 is 6.03 Å². The van der Waals surface area contributed by atoms with Crippen LogP contribution in [0, 0.1) is 0 Å². The number of anilines is 1. The number of methoxy groups -OCH3 is 3. The van der Waals surface area contributed by atoms with Crippen molar-refractivity contribution in [2.45, 2.75) is 13.8 Å². The Hall–Kier alpha value is -3.04. The van der Waals surface area contributed by atoms with Gasteiger partial charge in [-0.15, -0.1) is 0 Å². The molecule has 0 unspecified atom stereocenters. The van der Waals surface area contributed by atoms with Crippen LogP contribution in [0.2, 0.25) is 0 Å². The molecule has 10 heteroatoms. The van der Waals surface area contributed by atoms with Crippen molar-refractivity contribution < 1.29 is 28.5 Å². The van der Waals surface area contributed by atoms with Crippen molar-refractivity contribution in [3.63, 3.8) is 0 Å². The van der Waals surface area contributed by atoms with Crippen molar-refractivity contribution in [1.29, 1.82) is 0 Å². The average molecular weight is 356 g/mol. The third-order valence-electron chi connectivity index (χ3n) is 2.93. The molecular weight excluding hydrogens is 332 g/mol. The number of nitrogens with two attached hydrogens (primary N) is 2. The first-order valence-electron chi connectivity index (χ1n) is 7.47. The molecule has 0 aliphatic rings. The lowest BCUT2D eigenvalue weighted by Gasteiger charge is -2.23. The summed E-state index contributed by atoms with van der Waals surface area (Å²) in [7, 11) is 4.31. The molecule has 0 bridgehead atoms. The summed E-state index contributed by atoms with van der Waals surface area (Å²) >= 11 is 0. The topological polar surface area (TPSA) is 140 Å². The molecule has 0 aliphatic carbocycles. The van der Waals surface area contributed by atoms with Crippen LogP contribution < -0.4 is 40.5 Å². The monoisotopic (exact) mass is 356 g/mol. The summed E-state index contributed by atoms with van der Waals surface area (Å²) in [6, 6.07) is -0.809. The summed E-state index contributed by atoms with van der Waals surface area (Å²) in [5, 5.41) is 2.53. The first kappa shape index (κ1) is 20.0. The van der Waals surface area contributed by atoms with Gasteiger partial charge in [-0.25, -0.2) is 4.79 Å². The number of amides is 2. The molecule has 0 saturated heterocycles. The lowest BCUT2D eigenvalue weighted by molar-refractivity contribution is 0.257. The standard InChI is InChI=1S/C15H24N4O6/c1-6-24-9-8(18-15(20)19-14(16)17)10(25-7-2)12(22-4)13(23-5)11(9)21-3/h6-7H2,1-5H3,(H5,16,17,18,19,20). The zero-order valence-electron chi connectivity index (χ0n) is 15.0. The number of carbonyl (C=O) groups excluding carboxylic acids is 1. The molecule has 1 rings (SSSR count). The Kier molecular flexibility index (Phi) is 7.44. The summed E-state index contributed by atoms with van der Waals surface area (Å²) in [6.07, 6.45) is 0. The normalized spacial score (nSPS) is 9.80. The maximum Gasteiger partial charge on any atom is 0.348 e. The number of hydrogen-bond donors (Lipinski definition) is 3. The van der Waals surface area contributed by atoms with Crippen LogP contribution in [0.3, 0.4) is 0 Å². The maximum absolute atomic E-state index is 12.0. The lowest BCUT2D eigenvalue weighted by atomic mass is 10.2. The third-order valence-corrected chi connectivity index (χ3v) is 2.93. The average Bonchev–Trinajstić information content (AvgIpc) is 2.56. The minimum atomic E-state index is -0.809. The molecule has 140 valence electrons. The van der Waals surface area contributed by atoms with Gasteiger partial charge in [0.2, 0.25) is 17.2 Å². The SMILES string of the molecule is CCOc1c(NC(=O)N=C(N)N)c(OCC)c(OC)c(OC)c1OC. The van der Waals surface area contributed by atoms with Gasteiger partial charge in [0.1, 0.15) is 5.69 Å². The fraction of sp³-hybridized carbons (Fsp3) is 0.467. The number of ether oxygens (including phenoxy) is 5. The van der Waals surface area contributed by atoms with Gasteiger partial charge in [-0.1, -0.05) is 0 Å². The van der Waals surface area contributed by atoms with Crippen LogP contribution in [-0.2, 0) is 0 Å². The molecule has 5 N–H and O–H groups in total. The Labute approximate surface area is 146 Å². The molecule has 0 atom stereocenters. The van der Waals surface area contributed by atoms with Gasteiger partial charge in [0.05, 0.1) is 34.5 Å². The van der Waals surface area contributed by atoms with Gasteiger partial charge in [-0.2, -0.15) is 4.99 Å². The van der Waals surface area contributed by atoms with Crippen LogP contribution in [0.15, 0.2) is 4.99 Å². The Morgan fingerprint density at radius 3 is 1.60 bits per heavy atom. The number of urea groups is 1. The van der Waals surface area contributed by atoms with Gasteiger partial charge < -0.3 is 35.2 Å². The molecule has 0 radical (unpaired) electrons. The number of hydrogen-bond acceptors (Lipinski definition) is 6. The highest BCUT2D eigenvalue weighted by molar-refractivity contribution is 6.01. The predicted molar refractivity (Wildman–Crippen MR) is 93.3 cm³/mol. The number of nitrogens with zero attached hydrogens (tertiary/aromatic N) is 1.